The Kier molecular flexibility index (Phi) is 2.38. The summed E-state index contributed by atoms with van der Waals surface area (Å²) in [6.07, 6.45) is 0. The van der Waals surface area contributed by atoms with Gasteiger partial charge in [0.05, 0.1) is 10.5 Å². The van der Waals surface area contributed by atoms with E-state index in [1.807, 2.05) is 26.0 Å². The minimum Gasteiger partial charge on any atom is -0.236 e. The van der Waals surface area contributed by atoms with Crippen molar-refractivity contribution in [1.29, 1.82) is 0 Å². The van der Waals surface area contributed by atoms with Gasteiger partial charge in [-0.3, -0.25) is 0 Å². The zero-order chi connectivity index (χ0) is 10.3. The third kappa shape index (κ3) is 1.47. The molecular weight excluding hydrogens is 217 g/mol. The highest BCUT2D eigenvalue weighted by Crippen LogP contribution is 2.29. The first-order valence-electron chi connectivity index (χ1n) is 4.31. The quantitative estimate of drug-likeness (QED) is 0.614. The van der Waals surface area contributed by atoms with Gasteiger partial charge in [0.25, 0.3) is 0 Å². The van der Waals surface area contributed by atoms with Gasteiger partial charge < -0.3 is 0 Å². The number of aromatic nitrogens is 1. The Labute approximate surface area is 92.7 Å². The van der Waals surface area contributed by atoms with Crippen LogP contribution >= 0.6 is 23.2 Å². The van der Waals surface area contributed by atoms with Crippen molar-refractivity contribution in [2.75, 3.05) is 0 Å². The van der Waals surface area contributed by atoms with Crippen molar-refractivity contribution in [2.24, 2.45) is 0 Å². The van der Waals surface area contributed by atoms with E-state index in [1.54, 1.807) is 6.07 Å². The lowest BCUT2D eigenvalue weighted by Crippen LogP contribution is -1.88. The molecule has 0 unspecified atom stereocenters. The predicted octanol–water partition coefficient (Wildman–Crippen LogP) is 4.16. The van der Waals surface area contributed by atoms with Crippen LogP contribution in [0.1, 0.15) is 11.1 Å². The molecule has 0 bridgehead atoms. The summed E-state index contributed by atoms with van der Waals surface area (Å²) in [6, 6.07) is 5.74. The first kappa shape index (κ1) is 9.75. The number of aryl methyl sites for hydroxylation is 2. The molecule has 2 aromatic rings. The molecule has 1 aromatic carbocycles. The van der Waals surface area contributed by atoms with Crippen molar-refractivity contribution in [1.82, 2.24) is 4.98 Å². The topological polar surface area (TPSA) is 12.9 Å². The number of halogens is 2. The Bertz CT molecular complexity index is 506. The average molecular weight is 226 g/mol. The lowest BCUT2D eigenvalue weighted by Gasteiger charge is -2.06. The van der Waals surface area contributed by atoms with Gasteiger partial charge in [0.2, 0.25) is 0 Å². The minimum absolute atomic E-state index is 0.441. The Hall–Kier alpha value is -0.790. The van der Waals surface area contributed by atoms with Crippen LogP contribution in [0.15, 0.2) is 18.2 Å². The van der Waals surface area contributed by atoms with Crippen LogP contribution in [0.4, 0.5) is 0 Å². The third-order valence-electron chi connectivity index (χ3n) is 2.29. The number of nitrogens with zero attached hydrogens (tertiary/aromatic N) is 1. The molecule has 72 valence electrons. The second-order valence-electron chi connectivity index (χ2n) is 3.35. The van der Waals surface area contributed by atoms with Gasteiger partial charge in [0.15, 0.2) is 0 Å². The maximum absolute atomic E-state index is 6.12. The van der Waals surface area contributed by atoms with Crippen LogP contribution in [-0.4, -0.2) is 4.98 Å². The van der Waals surface area contributed by atoms with Crippen LogP contribution < -0.4 is 0 Å². The van der Waals surface area contributed by atoms with Gasteiger partial charge >= 0.3 is 0 Å². The van der Waals surface area contributed by atoms with E-state index < -0.39 is 0 Å². The van der Waals surface area contributed by atoms with Crippen LogP contribution in [0, 0.1) is 13.8 Å². The van der Waals surface area contributed by atoms with Gasteiger partial charge in [-0.15, -0.1) is 0 Å². The molecule has 0 saturated carbocycles. The SMILES string of the molecule is Cc1ccc(C)c2c(Cl)cc(Cl)nc12. The van der Waals surface area contributed by atoms with Crippen LogP contribution in [0.5, 0.6) is 0 Å². The van der Waals surface area contributed by atoms with Crippen LogP contribution in [-0.2, 0) is 0 Å². The van der Waals surface area contributed by atoms with Crippen molar-refractivity contribution in [3.05, 3.63) is 39.5 Å². The number of hydrogen-bond acceptors (Lipinski definition) is 1. The minimum atomic E-state index is 0.441. The lowest BCUT2D eigenvalue weighted by atomic mass is 10.1. The molecule has 0 N–H and O–H groups in total. The van der Waals surface area contributed by atoms with E-state index in [4.69, 9.17) is 23.2 Å². The summed E-state index contributed by atoms with van der Waals surface area (Å²) >= 11 is 12.0. The fourth-order valence-electron chi connectivity index (χ4n) is 1.56. The van der Waals surface area contributed by atoms with E-state index in [2.05, 4.69) is 4.98 Å². The maximum Gasteiger partial charge on any atom is 0.131 e. The summed E-state index contributed by atoms with van der Waals surface area (Å²) in [5.74, 6) is 0. The van der Waals surface area contributed by atoms with E-state index in [-0.39, 0.29) is 0 Å². The molecule has 0 amide bonds. The van der Waals surface area contributed by atoms with E-state index in [1.165, 1.54) is 0 Å². The summed E-state index contributed by atoms with van der Waals surface area (Å²) in [4.78, 5) is 4.28. The molecule has 0 fully saturated rings. The van der Waals surface area contributed by atoms with E-state index in [0.29, 0.717) is 10.2 Å². The van der Waals surface area contributed by atoms with Gasteiger partial charge in [0, 0.05) is 5.39 Å². The Morgan fingerprint density at radius 2 is 1.71 bits per heavy atom. The van der Waals surface area contributed by atoms with Crippen LogP contribution in [0.2, 0.25) is 10.2 Å². The largest absolute Gasteiger partial charge is 0.236 e. The molecule has 0 aliphatic rings. The summed E-state index contributed by atoms with van der Waals surface area (Å²) in [5, 5.41) is 2.11. The summed E-state index contributed by atoms with van der Waals surface area (Å²) in [6.45, 7) is 4.02. The van der Waals surface area contributed by atoms with Crippen LogP contribution in [0.3, 0.4) is 0 Å². The second kappa shape index (κ2) is 3.41. The van der Waals surface area contributed by atoms with Gasteiger partial charge in [-0.25, -0.2) is 4.98 Å². The standard InChI is InChI=1S/C11H9Cl2N/c1-6-3-4-7(2)11-10(6)8(12)5-9(13)14-11/h3-5H,1-2H3. The predicted molar refractivity (Wildman–Crippen MR) is 61.2 cm³/mol. The van der Waals surface area contributed by atoms with Gasteiger partial charge in [0.1, 0.15) is 5.15 Å². The lowest BCUT2D eigenvalue weighted by molar-refractivity contribution is 1.35. The highest BCUT2D eigenvalue weighted by molar-refractivity contribution is 6.38. The average Bonchev–Trinajstić information content (AvgIpc) is 2.10. The molecular formula is C11H9Cl2N. The third-order valence-corrected chi connectivity index (χ3v) is 2.78. The molecule has 1 heterocycles. The summed E-state index contributed by atoms with van der Waals surface area (Å²) < 4.78 is 0. The van der Waals surface area contributed by atoms with Crippen molar-refractivity contribution < 1.29 is 0 Å². The Balaban J connectivity index is 3.00. The summed E-state index contributed by atoms with van der Waals surface area (Å²) in [7, 11) is 0. The zero-order valence-electron chi connectivity index (χ0n) is 7.94. The van der Waals surface area contributed by atoms with Crippen molar-refractivity contribution in [3.63, 3.8) is 0 Å². The molecule has 1 aromatic heterocycles. The molecule has 0 atom stereocenters. The van der Waals surface area contributed by atoms with Gasteiger partial charge in [-0.2, -0.15) is 0 Å². The van der Waals surface area contributed by atoms with Gasteiger partial charge in [-0.05, 0) is 31.0 Å². The first-order valence-corrected chi connectivity index (χ1v) is 5.07. The van der Waals surface area contributed by atoms with E-state index in [9.17, 15) is 0 Å². The highest BCUT2D eigenvalue weighted by atomic mass is 35.5. The fraction of sp³-hybridized carbons (Fsp3) is 0.182. The molecule has 0 aliphatic heterocycles. The molecule has 1 nitrogen and oxygen atoms in total. The number of fused-ring (bicyclic) bond motifs is 1. The van der Waals surface area contributed by atoms with Crippen molar-refractivity contribution in [3.8, 4) is 0 Å². The monoisotopic (exact) mass is 225 g/mol. The normalized spacial score (nSPS) is 10.9. The molecule has 2 rings (SSSR count). The number of rotatable bonds is 0. The van der Waals surface area contributed by atoms with Crippen molar-refractivity contribution in [2.45, 2.75) is 13.8 Å². The number of benzene rings is 1. The fourth-order valence-corrected chi connectivity index (χ4v) is 2.15. The molecule has 0 radical (unpaired) electrons. The van der Waals surface area contributed by atoms with Crippen LogP contribution in [0.25, 0.3) is 10.9 Å². The van der Waals surface area contributed by atoms with E-state index >= 15 is 0 Å². The van der Waals surface area contributed by atoms with Crippen molar-refractivity contribution >= 4 is 34.1 Å². The molecule has 14 heavy (non-hydrogen) atoms. The molecule has 0 aliphatic carbocycles. The highest BCUT2D eigenvalue weighted by Gasteiger charge is 2.07. The first-order chi connectivity index (χ1) is 6.59. The zero-order valence-corrected chi connectivity index (χ0v) is 9.45. The Morgan fingerprint density at radius 1 is 1.07 bits per heavy atom. The Morgan fingerprint density at radius 3 is 2.43 bits per heavy atom. The summed E-state index contributed by atoms with van der Waals surface area (Å²) in [5.41, 5.74) is 3.11. The van der Waals surface area contributed by atoms with E-state index in [0.717, 1.165) is 22.0 Å². The molecule has 0 saturated heterocycles. The van der Waals surface area contributed by atoms with Gasteiger partial charge in [-0.1, -0.05) is 35.3 Å². The smallest absolute Gasteiger partial charge is 0.131 e. The maximum atomic E-state index is 6.12. The molecule has 3 heteroatoms. The second-order valence-corrected chi connectivity index (χ2v) is 4.14. The number of pyridine rings is 1. The number of hydrogen-bond donors (Lipinski definition) is 0. The molecule has 0 spiro atoms.